The Hall–Kier alpha value is -1.74. The lowest BCUT2D eigenvalue weighted by molar-refractivity contribution is -0.115. The van der Waals surface area contributed by atoms with E-state index in [-0.39, 0.29) is 24.5 Å². The minimum absolute atomic E-state index is 0.138. The molecule has 1 aromatic heterocycles. The molecular formula is C21H24BrN3O3S. The summed E-state index contributed by atoms with van der Waals surface area (Å²) >= 11 is 4.92. The molecule has 1 aliphatic heterocycles. The lowest BCUT2D eigenvalue weighted by atomic mass is 10.1. The Morgan fingerprint density at radius 1 is 1.14 bits per heavy atom. The van der Waals surface area contributed by atoms with Crippen LogP contribution < -0.4 is 16.0 Å². The van der Waals surface area contributed by atoms with Crippen LogP contribution in [0.4, 0.5) is 10.7 Å². The topological polar surface area (TPSA) is 79.5 Å². The molecule has 2 amide bonds. The predicted molar refractivity (Wildman–Crippen MR) is 119 cm³/mol. The molecule has 8 heteroatoms. The molecule has 1 fully saturated rings. The van der Waals surface area contributed by atoms with Crippen LogP contribution >= 0.6 is 27.3 Å². The summed E-state index contributed by atoms with van der Waals surface area (Å²) in [6, 6.07) is 7.47. The summed E-state index contributed by atoms with van der Waals surface area (Å²) < 4.78 is 6.51. The van der Waals surface area contributed by atoms with E-state index in [4.69, 9.17) is 4.74 Å². The van der Waals surface area contributed by atoms with Crippen molar-refractivity contribution in [3.05, 3.63) is 44.7 Å². The lowest BCUT2D eigenvalue weighted by Crippen LogP contribution is -2.33. The van der Waals surface area contributed by atoms with Gasteiger partial charge in [-0.2, -0.15) is 0 Å². The van der Waals surface area contributed by atoms with Gasteiger partial charge in [0, 0.05) is 28.2 Å². The predicted octanol–water partition coefficient (Wildman–Crippen LogP) is 3.96. The van der Waals surface area contributed by atoms with E-state index in [1.165, 1.54) is 16.2 Å². The molecule has 0 saturated carbocycles. The van der Waals surface area contributed by atoms with Crippen LogP contribution in [-0.2, 0) is 22.4 Å². The number of ether oxygens (including phenoxy) is 1. The molecule has 154 valence electrons. The number of rotatable bonds is 7. The van der Waals surface area contributed by atoms with E-state index in [1.807, 2.05) is 24.3 Å². The fourth-order valence-corrected chi connectivity index (χ4v) is 5.35. The van der Waals surface area contributed by atoms with Crippen molar-refractivity contribution in [2.45, 2.75) is 38.2 Å². The molecule has 1 aromatic carbocycles. The van der Waals surface area contributed by atoms with Crippen LogP contribution in [0.3, 0.4) is 0 Å². The van der Waals surface area contributed by atoms with Crippen molar-refractivity contribution in [1.29, 1.82) is 0 Å². The monoisotopic (exact) mass is 477 g/mol. The summed E-state index contributed by atoms with van der Waals surface area (Å²) in [5.41, 5.74) is 2.41. The largest absolute Gasteiger partial charge is 0.377 e. The fraction of sp³-hybridized carbons (Fsp3) is 0.429. The number of carbonyl (C=O) groups excluding carboxylic acids is 2. The highest BCUT2D eigenvalue weighted by atomic mass is 79.9. The van der Waals surface area contributed by atoms with Gasteiger partial charge >= 0.3 is 0 Å². The Morgan fingerprint density at radius 3 is 2.72 bits per heavy atom. The van der Waals surface area contributed by atoms with Crippen LogP contribution in [0.1, 0.15) is 40.1 Å². The van der Waals surface area contributed by atoms with E-state index >= 15 is 0 Å². The molecule has 0 radical (unpaired) electrons. The smallest absolute Gasteiger partial charge is 0.258 e. The highest BCUT2D eigenvalue weighted by Gasteiger charge is 2.27. The van der Waals surface area contributed by atoms with Crippen LogP contribution in [-0.4, -0.2) is 37.6 Å². The summed E-state index contributed by atoms with van der Waals surface area (Å²) in [4.78, 5) is 26.7. The van der Waals surface area contributed by atoms with Crippen LogP contribution in [0.15, 0.2) is 28.7 Å². The SMILES string of the molecule is O=C(CNC[C@@H]1CCCO1)Nc1sc2c(c1C(=O)Nc1ccc(Br)cc1)CCC2. The Kier molecular flexibility index (Phi) is 6.64. The van der Waals surface area contributed by atoms with Crippen molar-refractivity contribution < 1.29 is 14.3 Å². The summed E-state index contributed by atoms with van der Waals surface area (Å²) in [7, 11) is 0. The Bertz CT molecular complexity index is 891. The maximum absolute atomic E-state index is 13.0. The van der Waals surface area contributed by atoms with Gasteiger partial charge in [-0.3, -0.25) is 9.59 Å². The molecule has 0 unspecified atom stereocenters. The van der Waals surface area contributed by atoms with Crippen molar-refractivity contribution in [2.24, 2.45) is 0 Å². The van der Waals surface area contributed by atoms with Crippen molar-refractivity contribution in [2.75, 3.05) is 30.3 Å². The van der Waals surface area contributed by atoms with Crippen molar-refractivity contribution in [3.63, 3.8) is 0 Å². The second-order valence-electron chi connectivity index (χ2n) is 7.34. The summed E-state index contributed by atoms with van der Waals surface area (Å²) in [6.45, 7) is 1.68. The van der Waals surface area contributed by atoms with Crippen LogP contribution in [0.2, 0.25) is 0 Å². The van der Waals surface area contributed by atoms with E-state index in [2.05, 4.69) is 31.9 Å². The van der Waals surface area contributed by atoms with Crippen molar-refractivity contribution in [1.82, 2.24) is 5.32 Å². The zero-order chi connectivity index (χ0) is 20.2. The molecule has 2 aliphatic rings. The van der Waals surface area contributed by atoms with E-state index < -0.39 is 0 Å². The van der Waals surface area contributed by atoms with E-state index in [1.54, 1.807) is 0 Å². The molecule has 29 heavy (non-hydrogen) atoms. The summed E-state index contributed by atoms with van der Waals surface area (Å²) in [6.07, 6.45) is 5.20. The molecule has 3 N–H and O–H groups in total. The standard InChI is InChI=1S/C21H24BrN3O3S/c22-13-6-8-14(9-7-13)24-20(27)19-16-4-1-5-17(16)29-21(19)25-18(26)12-23-11-15-3-2-10-28-15/h6-9,15,23H,1-5,10-12H2,(H,24,27)(H,25,26)/t15-/m0/s1. The summed E-state index contributed by atoms with van der Waals surface area (Å²) in [5, 5.41) is 9.71. The van der Waals surface area contributed by atoms with Gasteiger partial charge in [-0.25, -0.2) is 0 Å². The molecular weight excluding hydrogens is 454 g/mol. The molecule has 2 aromatic rings. The number of hydrogen-bond donors (Lipinski definition) is 3. The van der Waals surface area contributed by atoms with E-state index in [0.717, 1.165) is 54.4 Å². The number of nitrogens with one attached hydrogen (secondary N) is 3. The minimum Gasteiger partial charge on any atom is -0.377 e. The van der Waals surface area contributed by atoms with Gasteiger partial charge < -0.3 is 20.7 Å². The number of hydrogen-bond acceptors (Lipinski definition) is 5. The zero-order valence-corrected chi connectivity index (χ0v) is 18.5. The van der Waals surface area contributed by atoms with Crippen LogP contribution in [0.5, 0.6) is 0 Å². The van der Waals surface area contributed by atoms with Gasteiger partial charge in [-0.1, -0.05) is 15.9 Å². The second kappa shape index (κ2) is 9.38. The van der Waals surface area contributed by atoms with Crippen molar-refractivity contribution >= 4 is 49.8 Å². The van der Waals surface area contributed by atoms with Gasteiger partial charge in [0.1, 0.15) is 5.00 Å². The number of fused-ring (bicyclic) bond motifs is 1. The molecule has 4 rings (SSSR count). The van der Waals surface area contributed by atoms with Gasteiger partial charge in [0.05, 0.1) is 18.2 Å². The normalized spacial score (nSPS) is 17.9. The third kappa shape index (κ3) is 5.06. The Labute approximate surface area is 182 Å². The zero-order valence-electron chi connectivity index (χ0n) is 16.1. The third-order valence-electron chi connectivity index (χ3n) is 5.18. The van der Waals surface area contributed by atoms with Gasteiger partial charge in [-0.15, -0.1) is 11.3 Å². The quantitative estimate of drug-likeness (QED) is 0.563. The average Bonchev–Trinajstić information content (AvgIpc) is 3.41. The molecule has 0 spiro atoms. The number of thiophene rings is 1. The molecule has 1 aliphatic carbocycles. The number of benzene rings is 1. The Morgan fingerprint density at radius 2 is 1.97 bits per heavy atom. The van der Waals surface area contributed by atoms with E-state index in [0.29, 0.717) is 17.1 Å². The third-order valence-corrected chi connectivity index (χ3v) is 6.92. The summed E-state index contributed by atoms with van der Waals surface area (Å²) in [5.74, 6) is -0.310. The van der Waals surface area contributed by atoms with Gasteiger partial charge in [0.25, 0.3) is 5.91 Å². The number of halogens is 1. The van der Waals surface area contributed by atoms with Crippen LogP contribution in [0, 0.1) is 0 Å². The molecule has 1 atom stereocenters. The lowest BCUT2D eigenvalue weighted by Gasteiger charge is -2.12. The number of amides is 2. The number of anilines is 2. The van der Waals surface area contributed by atoms with Gasteiger partial charge in [0.15, 0.2) is 0 Å². The first-order chi connectivity index (χ1) is 14.1. The minimum atomic E-state index is -0.172. The van der Waals surface area contributed by atoms with Gasteiger partial charge in [-0.05, 0) is 61.9 Å². The first-order valence-corrected chi connectivity index (χ1v) is 11.5. The number of aryl methyl sites for hydroxylation is 1. The first-order valence-electron chi connectivity index (χ1n) is 9.94. The van der Waals surface area contributed by atoms with Crippen molar-refractivity contribution in [3.8, 4) is 0 Å². The molecule has 0 bridgehead atoms. The molecule has 2 heterocycles. The highest BCUT2D eigenvalue weighted by molar-refractivity contribution is 9.10. The van der Waals surface area contributed by atoms with E-state index in [9.17, 15) is 9.59 Å². The van der Waals surface area contributed by atoms with Gasteiger partial charge in [0.2, 0.25) is 5.91 Å². The Balaban J connectivity index is 1.42. The maximum atomic E-state index is 13.0. The fourth-order valence-electron chi connectivity index (χ4n) is 3.78. The highest BCUT2D eigenvalue weighted by Crippen LogP contribution is 2.39. The average molecular weight is 478 g/mol. The second-order valence-corrected chi connectivity index (χ2v) is 9.36. The molecule has 1 saturated heterocycles. The maximum Gasteiger partial charge on any atom is 0.258 e. The van der Waals surface area contributed by atoms with Crippen LogP contribution in [0.25, 0.3) is 0 Å². The molecule has 6 nitrogen and oxygen atoms in total. The first kappa shape index (κ1) is 20.5. The number of carbonyl (C=O) groups is 2.